The second-order valence-electron chi connectivity index (χ2n) is 8.60. The third kappa shape index (κ3) is 6.25. The monoisotopic (exact) mass is 438 g/mol. The molecule has 2 amide bonds. The summed E-state index contributed by atoms with van der Waals surface area (Å²) in [6.07, 6.45) is 4.27. The van der Waals surface area contributed by atoms with Crippen LogP contribution in [0.15, 0.2) is 42.5 Å². The molecule has 0 heterocycles. The molecule has 1 aliphatic carbocycles. The molecule has 6 heteroatoms. The summed E-state index contributed by atoms with van der Waals surface area (Å²) >= 11 is 0. The molecule has 1 N–H and O–H groups in total. The summed E-state index contributed by atoms with van der Waals surface area (Å²) < 4.78 is 11.1. The Labute approximate surface area is 190 Å². The first-order valence-corrected chi connectivity index (χ1v) is 11.3. The number of aryl methyl sites for hydroxylation is 2. The molecule has 6 nitrogen and oxygen atoms in total. The molecule has 1 aliphatic rings. The fraction of sp³-hybridized carbons (Fsp3) is 0.462. The van der Waals surface area contributed by atoms with Crippen LogP contribution in [0.3, 0.4) is 0 Å². The molecule has 1 fully saturated rings. The van der Waals surface area contributed by atoms with Crippen molar-refractivity contribution in [2.45, 2.75) is 65.1 Å². The van der Waals surface area contributed by atoms with Gasteiger partial charge in [-0.3, -0.25) is 9.59 Å². The maximum absolute atomic E-state index is 13.2. The Hall–Kier alpha value is -3.02. The second-order valence-corrected chi connectivity index (χ2v) is 8.60. The summed E-state index contributed by atoms with van der Waals surface area (Å²) in [5, 5.41) is 3.11. The van der Waals surface area contributed by atoms with Gasteiger partial charge in [0.25, 0.3) is 5.91 Å². The van der Waals surface area contributed by atoms with Crippen molar-refractivity contribution >= 4 is 11.8 Å². The fourth-order valence-electron chi connectivity index (χ4n) is 4.13. The highest BCUT2D eigenvalue weighted by atomic mass is 16.5. The molecule has 0 aliphatic heterocycles. The van der Waals surface area contributed by atoms with E-state index in [2.05, 4.69) is 5.32 Å². The van der Waals surface area contributed by atoms with Gasteiger partial charge < -0.3 is 19.7 Å². The molecule has 1 saturated carbocycles. The zero-order chi connectivity index (χ0) is 23.1. The minimum Gasteiger partial charge on any atom is -0.497 e. The van der Waals surface area contributed by atoms with E-state index in [9.17, 15) is 9.59 Å². The van der Waals surface area contributed by atoms with Gasteiger partial charge in [0, 0.05) is 12.6 Å². The van der Waals surface area contributed by atoms with Crippen LogP contribution in [-0.4, -0.2) is 42.5 Å². The zero-order valence-electron chi connectivity index (χ0n) is 19.5. The van der Waals surface area contributed by atoms with Gasteiger partial charge in [0.05, 0.1) is 7.11 Å². The Morgan fingerprint density at radius 2 is 1.88 bits per heavy atom. The van der Waals surface area contributed by atoms with E-state index in [0.29, 0.717) is 18.0 Å². The number of carbonyl (C=O) groups is 2. The Morgan fingerprint density at radius 3 is 2.56 bits per heavy atom. The van der Waals surface area contributed by atoms with E-state index in [-0.39, 0.29) is 24.5 Å². The second kappa shape index (κ2) is 11.0. The summed E-state index contributed by atoms with van der Waals surface area (Å²) in [6, 6.07) is 13.0. The van der Waals surface area contributed by atoms with E-state index >= 15 is 0 Å². The van der Waals surface area contributed by atoms with Gasteiger partial charge in [0.15, 0.2) is 6.61 Å². The molecule has 2 aromatic carbocycles. The first-order chi connectivity index (χ1) is 15.4. The molecular formula is C26H34N2O4. The van der Waals surface area contributed by atoms with Crippen molar-refractivity contribution in [3.05, 3.63) is 59.2 Å². The Balaban J connectivity index is 1.74. The van der Waals surface area contributed by atoms with Crippen LogP contribution in [0.4, 0.5) is 0 Å². The normalized spacial score (nSPS) is 14.6. The van der Waals surface area contributed by atoms with E-state index in [0.717, 1.165) is 42.4 Å². The molecule has 32 heavy (non-hydrogen) atoms. The van der Waals surface area contributed by atoms with Crippen LogP contribution in [0.2, 0.25) is 0 Å². The lowest BCUT2D eigenvalue weighted by Crippen LogP contribution is -2.50. The Morgan fingerprint density at radius 1 is 1.12 bits per heavy atom. The molecule has 0 spiro atoms. The summed E-state index contributed by atoms with van der Waals surface area (Å²) in [4.78, 5) is 27.8. The molecule has 0 bridgehead atoms. The Bertz CT molecular complexity index is 937. The number of benzene rings is 2. The van der Waals surface area contributed by atoms with Gasteiger partial charge in [0.2, 0.25) is 5.91 Å². The standard InChI is InChI=1S/C26H34N2O4/c1-18-12-13-24(19(2)14-18)32-17-25(29)28(16-21-8-7-11-23(15-21)31-4)20(3)26(30)27-22-9-5-6-10-22/h7-8,11-15,20,22H,5-6,9-10,16-17H2,1-4H3,(H,27,30)/t20-/m0/s1. The first kappa shape index (κ1) is 23.6. The number of rotatable bonds is 9. The van der Waals surface area contributed by atoms with E-state index in [4.69, 9.17) is 9.47 Å². The highest BCUT2D eigenvalue weighted by Crippen LogP contribution is 2.21. The van der Waals surface area contributed by atoms with Crippen molar-refractivity contribution in [2.24, 2.45) is 0 Å². The maximum Gasteiger partial charge on any atom is 0.261 e. The average molecular weight is 439 g/mol. The summed E-state index contributed by atoms with van der Waals surface area (Å²) in [6.45, 7) is 5.92. The molecule has 0 aromatic heterocycles. The molecule has 3 rings (SSSR count). The molecule has 2 aromatic rings. The van der Waals surface area contributed by atoms with Crippen molar-refractivity contribution in [1.29, 1.82) is 0 Å². The SMILES string of the molecule is COc1cccc(CN(C(=O)COc2ccc(C)cc2C)[C@@H](C)C(=O)NC2CCCC2)c1. The average Bonchev–Trinajstić information content (AvgIpc) is 3.29. The smallest absolute Gasteiger partial charge is 0.261 e. The van der Waals surface area contributed by atoms with Gasteiger partial charge in [-0.15, -0.1) is 0 Å². The number of nitrogens with one attached hydrogen (secondary N) is 1. The quantitative estimate of drug-likeness (QED) is 0.638. The molecule has 0 unspecified atom stereocenters. The zero-order valence-corrected chi connectivity index (χ0v) is 19.5. The van der Waals surface area contributed by atoms with Crippen LogP contribution in [0.25, 0.3) is 0 Å². The minimum atomic E-state index is -0.614. The number of nitrogens with zero attached hydrogens (tertiary/aromatic N) is 1. The fourth-order valence-corrected chi connectivity index (χ4v) is 4.13. The highest BCUT2D eigenvalue weighted by molar-refractivity contribution is 5.88. The van der Waals surface area contributed by atoms with Crippen LogP contribution >= 0.6 is 0 Å². The molecule has 1 atom stereocenters. The third-order valence-corrected chi connectivity index (χ3v) is 6.04. The van der Waals surface area contributed by atoms with Crippen molar-refractivity contribution in [3.63, 3.8) is 0 Å². The minimum absolute atomic E-state index is 0.125. The summed E-state index contributed by atoms with van der Waals surface area (Å²) in [7, 11) is 1.61. The number of hydrogen-bond donors (Lipinski definition) is 1. The first-order valence-electron chi connectivity index (χ1n) is 11.3. The summed E-state index contributed by atoms with van der Waals surface area (Å²) in [5.41, 5.74) is 3.01. The molecular weight excluding hydrogens is 404 g/mol. The third-order valence-electron chi connectivity index (χ3n) is 6.04. The lowest BCUT2D eigenvalue weighted by Gasteiger charge is -2.30. The van der Waals surface area contributed by atoms with Crippen LogP contribution in [-0.2, 0) is 16.1 Å². The van der Waals surface area contributed by atoms with Crippen LogP contribution in [0.5, 0.6) is 11.5 Å². The summed E-state index contributed by atoms with van der Waals surface area (Å²) in [5.74, 6) is 1.03. The van der Waals surface area contributed by atoms with Gasteiger partial charge in [-0.2, -0.15) is 0 Å². The Kier molecular flexibility index (Phi) is 8.14. The maximum atomic E-state index is 13.2. The predicted molar refractivity (Wildman–Crippen MR) is 125 cm³/mol. The topological polar surface area (TPSA) is 67.9 Å². The van der Waals surface area contributed by atoms with Gasteiger partial charge in [-0.1, -0.05) is 42.7 Å². The molecule has 0 radical (unpaired) electrons. The van der Waals surface area contributed by atoms with Crippen molar-refractivity contribution < 1.29 is 19.1 Å². The highest BCUT2D eigenvalue weighted by Gasteiger charge is 2.29. The van der Waals surface area contributed by atoms with E-state index in [1.165, 1.54) is 0 Å². The van der Waals surface area contributed by atoms with E-state index in [1.807, 2.05) is 56.3 Å². The number of methoxy groups -OCH3 is 1. The number of amides is 2. The van der Waals surface area contributed by atoms with Gasteiger partial charge >= 0.3 is 0 Å². The lowest BCUT2D eigenvalue weighted by atomic mass is 10.1. The van der Waals surface area contributed by atoms with Gasteiger partial charge in [0.1, 0.15) is 17.5 Å². The molecule has 0 saturated heterocycles. The van der Waals surface area contributed by atoms with Crippen molar-refractivity contribution in [3.8, 4) is 11.5 Å². The predicted octanol–water partition coefficient (Wildman–Crippen LogP) is 4.17. The van der Waals surface area contributed by atoms with Gasteiger partial charge in [-0.25, -0.2) is 0 Å². The number of ether oxygens (including phenoxy) is 2. The van der Waals surface area contributed by atoms with Crippen LogP contribution in [0, 0.1) is 13.8 Å². The van der Waals surface area contributed by atoms with E-state index < -0.39 is 6.04 Å². The lowest BCUT2D eigenvalue weighted by molar-refractivity contribution is -0.142. The van der Waals surface area contributed by atoms with E-state index in [1.54, 1.807) is 18.9 Å². The van der Waals surface area contributed by atoms with Crippen molar-refractivity contribution in [1.82, 2.24) is 10.2 Å². The van der Waals surface area contributed by atoms with Crippen LogP contribution in [0.1, 0.15) is 49.3 Å². The molecule has 172 valence electrons. The number of carbonyl (C=O) groups excluding carboxylic acids is 2. The number of hydrogen-bond acceptors (Lipinski definition) is 4. The van der Waals surface area contributed by atoms with Crippen LogP contribution < -0.4 is 14.8 Å². The van der Waals surface area contributed by atoms with Gasteiger partial charge in [-0.05, 0) is 62.9 Å². The largest absolute Gasteiger partial charge is 0.497 e. The van der Waals surface area contributed by atoms with Crippen molar-refractivity contribution in [2.75, 3.05) is 13.7 Å².